The minimum Gasteiger partial charge on any atom is -0.478 e. The summed E-state index contributed by atoms with van der Waals surface area (Å²) >= 11 is 19.0. The van der Waals surface area contributed by atoms with E-state index in [-0.39, 0.29) is 22.3 Å². The highest BCUT2D eigenvalue weighted by Gasteiger charge is 2.27. The van der Waals surface area contributed by atoms with Gasteiger partial charge in [-0.05, 0) is 56.3 Å². The fourth-order valence-electron chi connectivity index (χ4n) is 4.35. The molecule has 9 heteroatoms. The van der Waals surface area contributed by atoms with Gasteiger partial charge in [-0.15, -0.1) is 0 Å². The summed E-state index contributed by atoms with van der Waals surface area (Å²) in [5.74, 6) is -1.10. The summed E-state index contributed by atoms with van der Waals surface area (Å²) in [6, 6.07) is 7.67. The minimum atomic E-state index is -1.10. The summed E-state index contributed by atoms with van der Waals surface area (Å²) in [6.07, 6.45) is 2.86. The van der Waals surface area contributed by atoms with Crippen LogP contribution in [-0.4, -0.2) is 44.7 Å². The Hall–Kier alpha value is -1.99. The van der Waals surface area contributed by atoms with Crippen LogP contribution in [0.3, 0.4) is 0 Å². The van der Waals surface area contributed by atoms with Crippen LogP contribution in [0.5, 0.6) is 0 Å². The Bertz CT molecular complexity index is 1220. The summed E-state index contributed by atoms with van der Waals surface area (Å²) in [6.45, 7) is 4.67. The largest absolute Gasteiger partial charge is 0.478 e. The lowest BCUT2D eigenvalue weighted by Crippen LogP contribution is -2.34. The van der Waals surface area contributed by atoms with Gasteiger partial charge < -0.3 is 10.0 Å². The molecule has 2 aromatic carbocycles. The second-order valence-electron chi connectivity index (χ2n) is 7.76. The third kappa shape index (κ3) is 4.10. The molecule has 0 amide bonds. The van der Waals surface area contributed by atoms with E-state index in [1.165, 1.54) is 16.7 Å². The van der Waals surface area contributed by atoms with Gasteiger partial charge in [0.2, 0.25) is 0 Å². The number of aromatic nitrogens is 2. The average Bonchev–Trinajstić information content (AvgIpc) is 2.87. The fraction of sp³-hybridized carbons (Fsp3) is 0.364. The molecule has 0 bridgehead atoms. The van der Waals surface area contributed by atoms with E-state index < -0.39 is 5.97 Å². The van der Waals surface area contributed by atoms with Crippen molar-refractivity contribution < 1.29 is 9.90 Å². The van der Waals surface area contributed by atoms with Gasteiger partial charge in [0.25, 0.3) is 0 Å². The van der Waals surface area contributed by atoms with Gasteiger partial charge in [0, 0.05) is 11.6 Å². The number of likely N-dealkylation sites (tertiary alicyclic amines) is 1. The van der Waals surface area contributed by atoms with E-state index in [0.717, 1.165) is 32.4 Å². The first-order valence-corrected chi connectivity index (χ1v) is 11.3. The summed E-state index contributed by atoms with van der Waals surface area (Å²) in [4.78, 5) is 27.8. The maximum Gasteiger partial charge on any atom is 0.335 e. The number of hydrogen-bond donors (Lipinski definition) is 1. The zero-order valence-corrected chi connectivity index (χ0v) is 19.2. The fourth-order valence-corrected chi connectivity index (χ4v) is 5.14. The Kier molecular flexibility index (Phi) is 6.35. The highest BCUT2D eigenvalue weighted by molar-refractivity contribution is 6.37. The van der Waals surface area contributed by atoms with Crippen molar-refractivity contribution in [3.63, 3.8) is 0 Å². The lowest BCUT2D eigenvalue weighted by molar-refractivity contribution is 0.0697. The Morgan fingerprint density at radius 3 is 2.58 bits per heavy atom. The number of hydrogen-bond acceptors (Lipinski definition) is 3. The topological polar surface area (TPSA) is 67.5 Å². The lowest BCUT2D eigenvalue weighted by atomic mass is 10.1. The molecule has 2 heterocycles. The van der Waals surface area contributed by atoms with Crippen molar-refractivity contribution in [2.45, 2.75) is 32.2 Å². The molecular weight excluding hydrogens is 461 g/mol. The summed E-state index contributed by atoms with van der Waals surface area (Å²) < 4.78 is 3.15. The molecule has 6 nitrogen and oxygen atoms in total. The molecule has 1 saturated heterocycles. The van der Waals surface area contributed by atoms with Crippen LogP contribution < -0.4 is 5.69 Å². The molecule has 0 radical (unpaired) electrons. The Morgan fingerprint density at radius 1 is 1.13 bits per heavy atom. The van der Waals surface area contributed by atoms with Crippen LogP contribution in [0.1, 0.15) is 42.6 Å². The number of aromatic carboxylic acids is 1. The van der Waals surface area contributed by atoms with Crippen molar-refractivity contribution in [2.75, 3.05) is 19.6 Å². The van der Waals surface area contributed by atoms with Crippen LogP contribution in [0.4, 0.5) is 0 Å². The standard InChI is InChI=1S/C22H22Cl3N3O3/c1-2-26-8-4-3-5-15(12-26)27-19-10-13(21(29)30)9-17(25)20(19)28(22(27)31)18-7-6-14(23)11-16(18)24/h6-7,9-11,15H,2-5,8,12H2,1H3,(H,29,30). The summed E-state index contributed by atoms with van der Waals surface area (Å²) in [7, 11) is 0. The van der Waals surface area contributed by atoms with Crippen molar-refractivity contribution in [1.82, 2.24) is 14.0 Å². The van der Waals surface area contributed by atoms with Gasteiger partial charge in [-0.3, -0.25) is 9.13 Å². The number of rotatable bonds is 4. The average molecular weight is 483 g/mol. The lowest BCUT2D eigenvalue weighted by Gasteiger charge is -2.23. The molecule has 1 N–H and O–H groups in total. The number of halogens is 3. The molecule has 164 valence electrons. The number of carbonyl (C=O) groups is 1. The molecule has 1 aliphatic rings. The van der Waals surface area contributed by atoms with Crippen molar-refractivity contribution in [2.24, 2.45) is 0 Å². The molecular formula is C22H22Cl3N3O3. The monoisotopic (exact) mass is 481 g/mol. The number of benzene rings is 2. The molecule has 1 unspecified atom stereocenters. The molecule has 1 aromatic heterocycles. The number of imidazole rings is 1. The van der Waals surface area contributed by atoms with E-state index in [4.69, 9.17) is 34.8 Å². The smallest absolute Gasteiger partial charge is 0.335 e. The second kappa shape index (κ2) is 8.87. The van der Waals surface area contributed by atoms with E-state index in [1.807, 2.05) is 0 Å². The first kappa shape index (κ1) is 22.2. The number of carboxylic acids is 1. The Morgan fingerprint density at radius 2 is 1.90 bits per heavy atom. The van der Waals surface area contributed by atoms with Gasteiger partial charge in [0.05, 0.1) is 38.4 Å². The third-order valence-electron chi connectivity index (χ3n) is 5.86. The molecule has 0 aliphatic carbocycles. The normalized spacial score (nSPS) is 17.7. The van der Waals surface area contributed by atoms with Crippen LogP contribution in [0.25, 0.3) is 16.7 Å². The minimum absolute atomic E-state index is 0.0339. The van der Waals surface area contributed by atoms with Crippen LogP contribution in [-0.2, 0) is 0 Å². The molecule has 1 aliphatic heterocycles. The molecule has 3 aromatic rings. The Balaban J connectivity index is 2.04. The highest BCUT2D eigenvalue weighted by atomic mass is 35.5. The molecule has 4 rings (SSSR count). The first-order valence-electron chi connectivity index (χ1n) is 10.2. The number of likely N-dealkylation sites (N-methyl/N-ethyl adjacent to an activating group) is 1. The third-order valence-corrected chi connectivity index (χ3v) is 6.69. The summed E-state index contributed by atoms with van der Waals surface area (Å²) in [5.41, 5.74) is 1.11. The maximum atomic E-state index is 13.8. The number of nitrogens with zero attached hydrogens (tertiary/aromatic N) is 3. The predicted molar refractivity (Wildman–Crippen MR) is 125 cm³/mol. The van der Waals surface area contributed by atoms with Gasteiger partial charge in [0.1, 0.15) is 0 Å². The molecule has 1 fully saturated rings. The molecule has 1 atom stereocenters. The molecule has 31 heavy (non-hydrogen) atoms. The van der Waals surface area contributed by atoms with Crippen LogP contribution >= 0.6 is 34.8 Å². The zero-order chi connectivity index (χ0) is 22.3. The van der Waals surface area contributed by atoms with E-state index in [1.54, 1.807) is 22.8 Å². The SMILES string of the molecule is CCN1CCCCC(n2c(=O)n(-c3ccc(Cl)cc3Cl)c3c(Cl)cc(C(=O)O)cc32)C1. The van der Waals surface area contributed by atoms with Gasteiger partial charge in [-0.25, -0.2) is 9.59 Å². The summed E-state index contributed by atoms with van der Waals surface area (Å²) in [5, 5.41) is 10.5. The van der Waals surface area contributed by atoms with Gasteiger partial charge in [0.15, 0.2) is 0 Å². The predicted octanol–water partition coefficient (Wildman–Crippen LogP) is 5.50. The van der Waals surface area contributed by atoms with E-state index in [9.17, 15) is 14.7 Å². The number of fused-ring (bicyclic) bond motifs is 1. The van der Waals surface area contributed by atoms with Crippen LogP contribution in [0.2, 0.25) is 15.1 Å². The first-order chi connectivity index (χ1) is 14.8. The highest BCUT2D eigenvalue weighted by Crippen LogP contribution is 2.33. The van der Waals surface area contributed by atoms with Crippen molar-refractivity contribution in [3.8, 4) is 5.69 Å². The number of carboxylic acid groups (broad SMARTS) is 1. The van der Waals surface area contributed by atoms with Crippen molar-refractivity contribution in [3.05, 3.63) is 61.4 Å². The maximum absolute atomic E-state index is 13.8. The van der Waals surface area contributed by atoms with Gasteiger partial charge in [-0.2, -0.15) is 0 Å². The van der Waals surface area contributed by atoms with Crippen molar-refractivity contribution >= 4 is 51.8 Å². The second-order valence-corrected chi connectivity index (χ2v) is 9.01. The van der Waals surface area contributed by atoms with Gasteiger partial charge in [-0.1, -0.05) is 48.1 Å². The zero-order valence-electron chi connectivity index (χ0n) is 16.9. The van der Waals surface area contributed by atoms with Crippen LogP contribution in [0, 0.1) is 0 Å². The van der Waals surface area contributed by atoms with Gasteiger partial charge >= 0.3 is 11.7 Å². The van der Waals surface area contributed by atoms with Crippen molar-refractivity contribution in [1.29, 1.82) is 0 Å². The van der Waals surface area contributed by atoms with E-state index in [2.05, 4.69) is 11.8 Å². The molecule has 0 spiro atoms. The Labute approximate surface area is 194 Å². The van der Waals surface area contributed by atoms with Crippen LogP contribution in [0.15, 0.2) is 35.1 Å². The van der Waals surface area contributed by atoms with E-state index >= 15 is 0 Å². The van der Waals surface area contributed by atoms with E-state index in [0.29, 0.717) is 33.3 Å². The molecule has 0 saturated carbocycles. The quantitative estimate of drug-likeness (QED) is 0.533.